The minimum atomic E-state index is -1.58. The number of aliphatic hydroxyl groups is 1. The second-order valence-corrected chi connectivity index (χ2v) is 14.5. The quantitative estimate of drug-likeness (QED) is 0.0364. The molecular formula is C39H34N8O17. The number of nitro benzene ring substituents is 3. The first kappa shape index (κ1) is 45.2. The van der Waals surface area contributed by atoms with Crippen LogP contribution in [-0.2, 0) is 23.8 Å². The highest BCUT2D eigenvalue weighted by molar-refractivity contribution is 6.07. The van der Waals surface area contributed by atoms with Crippen molar-refractivity contribution < 1.29 is 67.6 Å². The lowest BCUT2D eigenvalue weighted by molar-refractivity contribution is -0.385. The largest absolute Gasteiger partial charge is 0.444 e. The molecule has 64 heavy (non-hydrogen) atoms. The molecular weight excluding hydrogens is 852 g/mol. The summed E-state index contributed by atoms with van der Waals surface area (Å²) in [7, 11) is 0. The number of amides is 3. The van der Waals surface area contributed by atoms with Gasteiger partial charge in [0, 0.05) is 68.0 Å². The van der Waals surface area contributed by atoms with E-state index < -0.39 is 92.7 Å². The first-order chi connectivity index (χ1) is 30.3. The molecule has 5 atom stereocenters. The van der Waals surface area contributed by atoms with Crippen LogP contribution >= 0.6 is 0 Å². The Morgan fingerprint density at radius 3 is 1.70 bits per heavy atom. The van der Waals surface area contributed by atoms with E-state index in [-0.39, 0.29) is 65.5 Å². The van der Waals surface area contributed by atoms with E-state index in [2.05, 4.69) is 15.6 Å². The van der Waals surface area contributed by atoms with Gasteiger partial charge in [0.2, 0.25) is 11.9 Å². The highest BCUT2D eigenvalue weighted by Gasteiger charge is 2.60. The maximum atomic E-state index is 13.7. The molecule has 2 saturated heterocycles. The number of nitrogens with one attached hydrogen (secondary N) is 2. The Balaban J connectivity index is 1.18. The fourth-order valence-electron chi connectivity index (χ4n) is 7.33. The Kier molecular flexibility index (Phi) is 13.2. The fraction of sp³-hybridized carbons (Fsp3) is 0.282. The summed E-state index contributed by atoms with van der Waals surface area (Å²) in [6.45, 7) is 3.51. The average Bonchev–Trinajstić information content (AvgIpc) is 3.79. The van der Waals surface area contributed by atoms with Gasteiger partial charge in [0.05, 0.1) is 49.5 Å². The van der Waals surface area contributed by atoms with E-state index in [1.54, 1.807) is 11.8 Å². The van der Waals surface area contributed by atoms with Gasteiger partial charge in [-0.3, -0.25) is 45.4 Å². The number of aliphatic hydroxyl groups excluding tert-OH is 1. The molecule has 0 spiro atoms. The second kappa shape index (κ2) is 18.7. The smallest absolute Gasteiger partial charge is 0.393 e. The van der Waals surface area contributed by atoms with Crippen LogP contribution in [0.25, 0.3) is 0 Å². The van der Waals surface area contributed by atoms with Crippen molar-refractivity contribution in [2.45, 2.75) is 38.5 Å². The number of aliphatic imine (C=N–C) groups is 1. The van der Waals surface area contributed by atoms with Crippen molar-refractivity contribution in [3.63, 3.8) is 0 Å². The third kappa shape index (κ3) is 9.90. The standard InChI is InChI=1S/C39H34N8O17/c1-19-28(31(44-30(19)29(20(2)48)32(44)49)36(53)62-33(50)21-3-9-25(10-4-21)45(56)57)18-43-16-15-24(17-43)40-37(41-38(54)63-34(51)22-5-11-26(12-6-22)46(58)59)42-39(55)64-35(52)23-7-13-27(14-8-23)47(60)61/h3-14,19-20,24,29-30,48H,15-18H2,1-2H3,(H2,40,41,42,54,55)/t19-,20+,24+,29?,30+/m0/s1. The number of β-lactam (4-membered cyclic amide) rings is 1. The molecule has 0 aliphatic carbocycles. The fourth-order valence-corrected chi connectivity index (χ4v) is 7.33. The van der Waals surface area contributed by atoms with Crippen molar-refractivity contribution in [1.29, 1.82) is 0 Å². The summed E-state index contributed by atoms with van der Waals surface area (Å²) in [6.07, 6.45) is -3.90. The van der Waals surface area contributed by atoms with Gasteiger partial charge in [0.15, 0.2) is 0 Å². The summed E-state index contributed by atoms with van der Waals surface area (Å²) >= 11 is 0. The van der Waals surface area contributed by atoms with Crippen molar-refractivity contribution >= 4 is 65.0 Å². The van der Waals surface area contributed by atoms with Crippen LogP contribution < -0.4 is 10.6 Å². The third-order valence-electron chi connectivity index (χ3n) is 10.4. The lowest BCUT2D eigenvalue weighted by atomic mass is 9.77. The number of hydrogen-bond donors (Lipinski definition) is 3. The molecule has 1 unspecified atom stereocenters. The van der Waals surface area contributed by atoms with Gasteiger partial charge in [0.1, 0.15) is 5.70 Å². The van der Waals surface area contributed by atoms with E-state index in [4.69, 9.17) is 14.2 Å². The summed E-state index contributed by atoms with van der Waals surface area (Å²) in [5.41, 5.74) is -1.57. The highest BCUT2D eigenvalue weighted by atomic mass is 16.6. The number of esters is 4. The van der Waals surface area contributed by atoms with E-state index in [1.807, 2.05) is 0 Å². The molecule has 3 aliphatic rings. The van der Waals surface area contributed by atoms with E-state index in [0.717, 1.165) is 77.7 Å². The summed E-state index contributed by atoms with van der Waals surface area (Å²) in [4.78, 5) is 128. The van der Waals surface area contributed by atoms with Crippen molar-refractivity contribution in [3.8, 4) is 0 Å². The molecule has 25 heteroatoms. The molecule has 3 amide bonds. The molecule has 3 aliphatic heterocycles. The van der Waals surface area contributed by atoms with Gasteiger partial charge in [0.25, 0.3) is 17.1 Å². The lowest BCUT2D eigenvalue weighted by Gasteiger charge is -2.46. The van der Waals surface area contributed by atoms with Gasteiger partial charge in [-0.25, -0.2) is 28.8 Å². The number of carbonyl (C=O) groups excluding carboxylic acids is 7. The van der Waals surface area contributed by atoms with Gasteiger partial charge >= 0.3 is 36.1 Å². The SMILES string of the molecule is C[C@@H](O)C1C(=O)N2C(C(=O)OC(=O)c3ccc([N+](=O)[O-])cc3)=C(CN3CC[C@@H](NC(=NC(=O)OC(=O)c4ccc([N+](=O)[O-])cc4)NC(=O)OC(=O)c4ccc([N+](=O)[O-])cc4)C3)[C@H](C)[C@H]12. The van der Waals surface area contributed by atoms with Gasteiger partial charge in [-0.05, 0) is 55.3 Å². The highest BCUT2D eigenvalue weighted by Crippen LogP contribution is 2.47. The van der Waals surface area contributed by atoms with E-state index in [0.29, 0.717) is 5.57 Å². The van der Waals surface area contributed by atoms with Crippen LogP contribution in [0.5, 0.6) is 0 Å². The molecule has 0 bridgehead atoms. The Labute approximate surface area is 358 Å². The monoisotopic (exact) mass is 886 g/mol. The van der Waals surface area contributed by atoms with Crippen LogP contribution in [0.3, 0.4) is 0 Å². The van der Waals surface area contributed by atoms with Gasteiger partial charge < -0.3 is 29.5 Å². The maximum absolute atomic E-state index is 13.7. The van der Waals surface area contributed by atoms with Crippen molar-refractivity contribution in [1.82, 2.24) is 20.4 Å². The Hall–Kier alpha value is -8.32. The number of rotatable bonds is 11. The number of fused-ring (bicyclic) bond motifs is 1. The molecule has 0 aromatic heterocycles. The third-order valence-corrected chi connectivity index (χ3v) is 10.4. The van der Waals surface area contributed by atoms with Crippen LogP contribution in [0.1, 0.15) is 51.3 Å². The molecule has 2 fully saturated rings. The Morgan fingerprint density at radius 2 is 1.23 bits per heavy atom. The molecule has 3 aromatic rings. The zero-order valence-corrected chi connectivity index (χ0v) is 33.3. The number of benzene rings is 3. The Morgan fingerprint density at radius 1 is 0.766 bits per heavy atom. The predicted molar refractivity (Wildman–Crippen MR) is 212 cm³/mol. The number of nitrogens with zero attached hydrogens (tertiary/aromatic N) is 6. The van der Waals surface area contributed by atoms with Crippen molar-refractivity contribution in [2.24, 2.45) is 16.8 Å². The zero-order chi connectivity index (χ0) is 46.6. The molecule has 25 nitrogen and oxygen atoms in total. The zero-order valence-electron chi connectivity index (χ0n) is 33.3. The number of nitro groups is 3. The first-order valence-electron chi connectivity index (χ1n) is 18.9. The van der Waals surface area contributed by atoms with Gasteiger partial charge in [-0.15, -0.1) is 4.99 Å². The second-order valence-electron chi connectivity index (χ2n) is 14.5. The van der Waals surface area contributed by atoms with Crippen LogP contribution in [0, 0.1) is 42.2 Å². The molecule has 0 saturated carbocycles. The van der Waals surface area contributed by atoms with Crippen LogP contribution in [0.4, 0.5) is 26.7 Å². The predicted octanol–water partition coefficient (Wildman–Crippen LogP) is 2.77. The minimum Gasteiger partial charge on any atom is -0.393 e. The van der Waals surface area contributed by atoms with Gasteiger partial charge in [-0.2, -0.15) is 0 Å². The first-order valence-corrected chi connectivity index (χ1v) is 18.9. The van der Waals surface area contributed by atoms with Crippen molar-refractivity contribution in [2.75, 3.05) is 19.6 Å². The topological polar surface area (TPSA) is 340 Å². The number of alkyl carbamates (subject to hydrolysis) is 1. The van der Waals surface area contributed by atoms with E-state index in [1.165, 1.54) is 6.92 Å². The molecule has 3 N–H and O–H groups in total. The summed E-state index contributed by atoms with van der Waals surface area (Å²) in [6, 6.07) is 11.0. The number of hydrogen-bond acceptors (Lipinski definition) is 18. The molecule has 3 heterocycles. The number of non-ortho nitro benzene ring substituents is 3. The van der Waals surface area contributed by atoms with Crippen LogP contribution in [-0.4, -0.2) is 115 Å². The molecule has 332 valence electrons. The number of guanidine groups is 1. The maximum Gasteiger partial charge on any atom is 0.444 e. The van der Waals surface area contributed by atoms with Gasteiger partial charge in [-0.1, -0.05) is 6.92 Å². The van der Waals surface area contributed by atoms with E-state index >= 15 is 0 Å². The summed E-state index contributed by atoms with van der Waals surface area (Å²) in [5, 5.41) is 48.3. The molecule has 0 radical (unpaired) electrons. The summed E-state index contributed by atoms with van der Waals surface area (Å²) in [5.74, 6) is -7.51. The summed E-state index contributed by atoms with van der Waals surface area (Å²) < 4.78 is 14.6. The number of ether oxygens (including phenoxy) is 3. The lowest BCUT2D eigenvalue weighted by Crippen LogP contribution is -2.63. The number of likely N-dealkylation sites (tertiary alicyclic amines) is 1. The Bertz CT molecular complexity index is 2520. The normalized spacial score (nSPS) is 19.7. The van der Waals surface area contributed by atoms with Crippen LogP contribution in [0.2, 0.25) is 0 Å². The minimum absolute atomic E-state index is 0.000220. The molecule has 3 aromatic carbocycles. The average molecular weight is 887 g/mol. The van der Waals surface area contributed by atoms with Crippen molar-refractivity contribution in [3.05, 3.63) is 131 Å². The number of carbonyl (C=O) groups is 7. The van der Waals surface area contributed by atoms with Crippen LogP contribution in [0.15, 0.2) is 89.1 Å². The molecule has 6 rings (SSSR count). The van der Waals surface area contributed by atoms with E-state index in [9.17, 15) is 69.0 Å².